The van der Waals surface area contributed by atoms with E-state index in [1.54, 1.807) is 23.5 Å². The fourth-order valence-electron chi connectivity index (χ4n) is 5.44. The van der Waals surface area contributed by atoms with E-state index in [0.717, 1.165) is 47.7 Å². The van der Waals surface area contributed by atoms with Gasteiger partial charge in [0.05, 0.1) is 28.6 Å². The van der Waals surface area contributed by atoms with Crippen molar-refractivity contribution in [3.63, 3.8) is 0 Å². The minimum atomic E-state index is -3.55. The number of carbonyl (C=O) groups is 1. The summed E-state index contributed by atoms with van der Waals surface area (Å²) in [7, 11) is -1.92. The van der Waals surface area contributed by atoms with E-state index in [4.69, 9.17) is 9.84 Å². The maximum Gasteiger partial charge on any atom is 0.256 e. The average molecular weight is 553 g/mol. The van der Waals surface area contributed by atoms with Gasteiger partial charge in [0.25, 0.3) is 5.91 Å². The Hall–Kier alpha value is -2.82. The normalized spacial score (nSPS) is 20.1. The summed E-state index contributed by atoms with van der Waals surface area (Å²) in [5.74, 6) is 2.57. The molecule has 1 amide bonds. The van der Waals surface area contributed by atoms with Gasteiger partial charge in [0.15, 0.2) is 0 Å². The molecule has 0 radical (unpaired) electrons. The lowest BCUT2D eigenvalue weighted by atomic mass is 9.81. The molecule has 8 nitrogen and oxygen atoms in total. The third-order valence-electron chi connectivity index (χ3n) is 7.89. The number of sulfonamides is 1. The second-order valence-corrected chi connectivity index (χ2v) is 13.3. The SMILES string of the molecule is COc1ccc(-n2nc3c(c2NC(=O)c2ccc(S(=O)(=O)N4CCCCC4)cc2)CSC3C2CCC2)cc1. The zero-order valence-electron chi connectivity index (χ0n) is 21.4. The monoisotopic (exact) mass is 552 g/mol. The molecule has 0 bridgehead atoms. The number of aromatic nitrogens is 2. The first kappa shape index (κ1) is 25.5. The smallest absolute Gasteiger partial charge is 0.256 e. The van der Waals surface area contributed by atoms with Crippen LogP contribution in [-0.2, 0) is 15.8 Å². The first-order chi connectivity index (χ1) is 18.5. The summed E-state index contributed by atoms with van der Waals surface area (Å²) in [6.45, 7) is 1.09. The molecule has 1 saturated heterocycles. The molecule has 1 aliphatic carbocycles. The first-order valence-electron chi connectivity index (χ1n) is 13.2. The number of amides is 1. The molecule has 3 heterocycles. The minimum absolute atomic E-state index is 0.222. The number of piperidine rings is 1. The molecule has 1 atom stereocenters. The molecule has 2 fully saturated rings. The highest BCUT2D eigenvalue weighted by molar-refractivity contribution is 7.99. The van der Waals surface area contributed by atoms with Crippen molar-refractivity contribution in [2.75, 3.05) is 25.5 Å². The summed E-state index contributed by atoms with van der Waals surface area (Å²) in [4.78, 5) is 13.6. The van der Waals surface area contributed by atoms with Gasteiger partial charge in [0, 0.05) is 30.0 Å². The summed E-state index contributed by atoms with van der Waals surface area (Å²) in [6.07, 6.45) is 6.53. The number of nitrogens with one attached hydrogen (secondary N) is 1. The van der Waals surface area contributed by atoms with Gasteiger partial charge in [-0.3, -0.25) is 4.79 Å². The third-order valence-corrected chi connectivity index (χ3v) is 11.2. The number of anilines is 1. The number of benzene rings is 2. The summed E-state index contributed by atoms with van der Waals surface area (Å²) < 4.78 is 34.7. The highest BCUT2D eigenvalue weighted by Crippen LogP contribution is 2.53. The van der Waals surface area contributed by atoms with Crippen molar-refractivity contribution in [1.82, 2.24) is 14.1 Å². The topological polar surface area (TPSA) is 93.5 Å². The number of fused-ring (bicyclic) bond motifs is 1. The van der Waals surface area contributed by atoms with E-state index in [1.807, 2.05) is 40.7 Å². The summed E-state index contributed by atoms with van der Waals surface area (Å²) in [6, 6.07) is 13.9. The van der Waals surface area contributed by atoms with Gasteiger partial charge in [0.1, 0.15) is 11.6 Å². The molecule has 1 aromatic heterocycles. The molecule has 1 N–H and O–H groups in total. The number of thioether (sulfide) groups is 1. The molecule has 3 aliphatic rings. The summed E-state index contributed by atoms with van der Waals surface area (Å²) in [5, 5.41) is 8.46. The molecule has 1 saturated carbocycles. The minimum Gasteiger partial charge on any atom is -0.497 e. The number of ether oxygens (including phenoxy) is 1. The van der Waals surface area contributed by atoms with Crippen molar-refractivity contribution in [3.8, 4) is 11.4 Å². The van der Waals surface area contributed by atoms with Crippen LogP contribution in [0.2, 0.25) is 0 Å². The van der Waals surface area contributed by atoms with E-state index in [1.165, 1.54) is 31.4 Å². The number of carbonyl (C=O) groups excluding carboxylic acids is 1. The van der Waals surface area contributed by atoms with Crippen LogP contribution in [0.4, 0.5) is 5.82 Å². The molecule has 3 aromatic rings. The number of nitrogens with zero attached hydrogens (tertiary/aromatic N) is 3. The van der Waals surface area contributed by atoms with E-state index < -0.39 is 10.0 Å². The second kappa shape index (κ2) is 10.4. The number of rotatable bonds is 7. The van der Waals surface area contributed by atoms with Gasteiger partial charge in [0.2, 0.25) is 10.0 Å². The van der Waals surface area contributed by atoms with Gasteiger partial charge in [-0.05, 0) is 80.1 Å². The first-order valence-corrected chi connectivity index (χ1v) is 15.7. The van der Waals surface area contributed by atoms with Crippen LogP contribution in [-0.4, -0.2) is 48.6 Å². The van der Waals surface area contributed by atoms with Crippen LogP contribution in [0.3, 0.4) is 0 Å². The fraction of sp³-hybridized carbons (Fsp3) is 0.429. The van der Waals surface area contributed by atoms with Crippen LogP contribution < -0.4 is 10.1 Å². The molecule has 0 spiro atoms. The molecule has 6 rings (SSSR count). The van der Waals surface area contributed by atoms with Crippen LogP contribution in [0.5, 0.6) is 5.75 Å². The molecular formula is C28H32N4O4S2. The molecule has 10 heteroatoms. The molecule has 2 aliphatic heterocycles. The Balaban J connectivity index is 1.28. The summed E-state index contributed by atoms with van der Waals surface area (Å²) in [5.41, 5.74) is 3.38. The van der Waals surface area contributed by atoms with Crippen molar-refractivity contribution in [3.05, 3.63) is 65.4 Å². The van der Waals surface area contributed by atoms with E-state index in [2.05, 4.69) is 5.32 Å². The highest BCUT2D eigenvalue weighted by atomic mass is 32.2. The Morgan fingerprint density at radius 2 is 1.71 bits per heavy atom. The Kier molecular flexibility index (Phi) is 6.96. The van der Waals surface area contributed by atoms with Crippen molar-refractivity contribution >= 4 is 33.5 Å². The van der Waals surface area contributed by atoms with Gasteiger partial charge < -0.3 is 10.1 Å². The Morgan fingerprint density at radius 1 is 1.00 bits per heavy atom. The van der Waals surface area contributed by atoms with Crippen molar-refractivity contribution in [2.24, 2.45) is 5.92 Å². The lowest BCUT2D eigenvalue weighted by Gasteiger charge is -2.30. The maximum absolute atomic E-state index is 13.4. The van der Waals surface area contributed by atoms with Crippen molar-refractivity contribution < 1.29 is 17.9 Å². The Bertz CT molecular complexity index is 1420. The zero-order chi connectivity index (χ0) is 26.3. The van der Waals surface area contributed by atoms with Gasteiger partial charge in [-0.1, -0.05) is 12.8 Å². The van der Waals surface area contributed by atoms with E-state index in [0.29, 0.717) is 35.6 Å². The van der Waals surface area contributed by atoms with Crippen LogP contribution >= 0.6 is 11.8 Å². The lowest BCUT2D eigenvalue weighted by molar-refractivity contribution is 0.102. The summed E-state index contributed by atoms with van der Waals surface area (Å²) >= 11 is 1.91. The van der Waals surface area contributed by atoms with E-state index in [-0.39, 0.29) is 10.8 Å². The number of methoxy groups -OCH3 is 1. The van der Waals surface area contributed by atoms with Gasteiger partial charge in [-0.15, -0.1) is 11.8 Å². The molecule has 38 heavy (non-hydrogen) atoms. The van der Waals surface area contributed by atoms with Gasteiger partial charge in [-0.25, -0.2) is 13.1 Å². The Morgan fingerprint density at radius 3 is 2.34 bits per heavy atom. The fourth-order valence-corrected chi connectivity index (χ4v) is 8.48. The van der Waals surface area contributed by atoms with Crippen LogP contribution in [0.15, 0.2) is 53.4 Å². The van der Waals surface area contributed by atoms with Crippen LogP contribution in [0.25, 0.3) is 5.69 Å². The van der Waals surface area contributed by atoms with Crippen LogP contribution in [0, 0.1) is 5.92 Å². The number of hydrogen-bond donors (Lipinski definition) is 1. The predicted octanol–water partition coefficient (Wildman–Crippen LogP) is 5.40. The van der Waals surface area contributed by atoms with E-state index >= 15 is 0 Å². The molecule has 200 valence electrons. The van der Waals surface area contributed by atoms with Crippen LogP contribution in [0.1, 0.15) is 65.4 Å². The van der Waals surface area contributed by atoms with Gasteiger partial charge >= 0.3 is 0 Å². The number of hydrogen-bond acceptors (Lipinski definition) is 6. The Labute approximate surface area is 227 Å². The largest absolute Gasteiger partial charge is 0.497 e. The maximum atomic E-state index is 13.4. The quantitative estimate of drug-likeness (QED) is 0.422. The molecular weight excluding hydrogens is 520 g/mol. The lowest BCUT2D eigenvalue weighted by Crippen LogP contribution is -2.35. The molecule has 1 unspecified atom stereocenters. The van der Waals surface area contributed by atoms with Crippen molar-refractivity contribution in [2.45, 2.75) is 54.4 Å². The second-order valence-electron chi connectivity index (χ2n) is 10.2. The average Bonchev–Trinajstić information content (AvgIpc) is 3.49. The standard InChI is InChI=1S/C28H32N4O4S2/c1-36-22-12-10-21(11-13-22)32-27(24-18-37-26(25(24)30-32)19-6-5-7-19)29-28(33)20-8-14-23(15-9-20)38(34,35)31-16-3-2-4-17-31/h8-15,19,26H,2-7,16-18H2,1H3,(H,29,33). The van der Waals surface area contributed by atoms with Crippen molar-refractivity contribution in [1.29, 1.82) is 0 Å². The molecule has 2 aromatic carbocycles. The van der Waals surface area contributed by atoms with E-state index in [9.17, 15) is 13.2 Å². The van der Waals surface area contributed by atoms with Gasteiger partial charge in [-0.2, -0.15) is 9.40 Å². The predicted molar refractivity (Wildman–Crippen MR) is 148 cm³/mol. The zero-order valence-corrected chi connectivity index (χ0v) is 23.1. The third kappa shape index (κ3) is 4.63. The highest BCUT2D eigenvalue weighted by Gasteiger charge is 2.39.